The number of ether oxygens (including phenoxy) is 2. The molecule has 2 saturated heterocycles. The Bertz CT molecular complexity index is 2950. The van der Waals surface area contributed by atoms with E-state index in [9.17, 15) is 0 Å². The number of benzene rings is 3. The standard InChI is InChI=1S/C27H23N5O.C21H17Cl2N5O/c1-2-6-19(7-3-1)20-8-4-5-9-21(20)23-18-25(32-14-16-33-17-15-32)30-26-22(23)10-12-28-27(26)24-11-13-29-31-24;22-14-9-13(10-15(23)11-14)17-12-19(28-5-7-29-8-6-28)26-20-16(17)1-3-24-21(20)18-2-4-25-27-18/h1-13,18H,14-17H2,(H,29,31);1-4,9-12H,5-8H2,(H,25,27). The van der Waals surface area contributed by atoms with Crippen molar-refractivity contribution < 1.29 is 9.47 Å². The van der Waals surface area contributed by atoms with Crippen LogP contribution in [0.3, 0.4) is 0 Å². The number of aromatic nitrogens is 8. The summed E-state index contributed by atoms with van der Waals surface area (Å²) in [7, 11) is 0. The largest absolute Gasteiger partial charge is 0.378 e. The molecule has 8 heterocycles. The van der Waals surface area contributed by atoms with E-state index in [1.807, 2.05) is 42.6 Å². The number of pyridine rings is 4. The SMILES string of the molecule is Clc1cc(Cl)cc(-c2cc(N3CCOCC3)nc3c(-c4ccn[nH]4)nccc23)c1.c1ccc(-c2ccccc2-c2cc(N3CCOCC3)nc3c(-c4ccn[nH]4)nccc23)cc1. The van der Waals surface area contributed by atoms with Crippen LogP contribution in [-0.4, -0.2) is 92.9 Å². The Morgan fingerprint density at radius 3 is 1.50 bits per heavy atom. The molecule has 12 nitrogen and oxygen atoms in total. The Morgan fingerprint density at radius 1 is 0.468 bits per heavy atom. The van der Waals surface area contributed by atoms with Crippen molar-refractivity contribution in [1.29, 1.82) is 0 Å². The lowest BCUT2D eigenvalue weighted by Gasteiger charge is -2.29. The number of hydrogen-bond acceptors (Lipinski definition) is 10. The average molecular weight is 860 g/mol. The lowest BCUT2D eigenvalue weighted by molar-refractivity contribution is 0.122. The third-order valence-corrected chi connectivity index (χ3v) is 11.5. The van der Waals surface area contributed by atoms with Gasteiger partial charge in [0.1, 0.15) is 34.1 Å². The summed E-state index contributed by atoms with van der Waals surface area (Å²) in [4.78, 5) is 23.9. The minimum absolute atomic E-state index is 0.591. The minimum Gasteiger partial charge on any atom is -0.378 e. The highest BCUT2D eigenvalue weighted by molar-refractivity contribution is 6.35. The molecule has 0 saturated carbocycles. The first-order valence-corrected chi connectivity index (χ1v) is 21.2. The third kappa shape index (κ3) is 8.08. The highest BCUT2D eigenvalue weighted by Crippen LogP contribution is 2.40. The maximum absolute atomic E-state index is 6.30. The second-order valence-electron chi connectivity index (χ2n) is 14.9. The molecule has 9 aromatic rings. The van der Waals surface area contributed by atoms with Crippen molar-refractivity contribution in [2.75, 3.05) is 62.4 Å². The molecule has 62 heavy (non-hydrogen) atoms. The van der Waals surface area contributed by atoms with E-state index in [1.54, 1.807) is 24.7 Å². The van der Waals surface area contributed by atoms with Gasteiger partial charge in [0.15, 0.2) is 0 Å². The molecule has 0 amide bonds. The van der Waals surface area contributed by atoms with Crippen LogP contribution in [0.5, 0.6) is 0 Å². The van der Waals surface area contributed by atoms with E-state index < -0.39 is 0 Å². The zero-order valence-corrected chi connectivity index (χ0v) is 35.0. The number of aromatic amines is 2. The van der Waals surface area contributed by atoms with Crippen LogP contribution >= 0.6 is 23.2 Å². The number of halogens is 2. The molecule has 0 spiro atoms. The van der Waals surface area contributed by atoms with Crippen molar-refractivity contribution in [2.24, 2.45) is 0 Å². The monoisotopic (exact) mass is 858 g/mol. The van der Waals surface area contributed by atoms with Crippen molar-refractivity contribution in [3.63, 3.8) is 0 Å². The molecule has 0 atom stereocenters. The first-order chi connectivity index (χ1) is 30.6. The van der Waals surface area contributed by atoms with Crippen molar-refractivity contribution in [3.05, 3.63) is 144 Å². The summed E-state index contributed by atoms with van der Waals surface area (Å²) < 4.78 is 11.1. The number of nitrogens with zero attached hydrogens (tertiary/aromatic N) is 8. The van der Waals surface area contributed by atoms with Crippen molar-refractivity contribution in [1.82, 2.24) is 40.3 Å². The van der Waals surface area contributed by atoms with E-state index in [0.717, 1.165) is 99.1 Å². The van der Waals surface area contributed by atoms with Crippen LogP contribution in [0.1, 0.15) is 0 Å². The molecular formula is C48H40Cl2N10O2. The molecule has 2 aliphatic rings. The number of fused-ring (bicyclic) bond motifs is 2. The van der Waals surface area contributed by atoms with Gasteiger partial charge >= 0.3 is 0 Å². The van der Waals surface area contributed by atoms with Crippen LogP contribution in [0.25, 0.3) is 78.0 Å². The molecule has 2 fully saturated rings. The number of rotatable bonds is 7. The zero-order chi connectivity index (χ0) is 41.8. The number of nitrogens with one attached hydrogen (secondary N) is 2. The van der Waals surface area contributed by atoms with Crippen LogP contribution in [0, 0.1) is 0 Å². The Labute approximate surface area is 367 Å². The van der Waals surface area contributed by atoms with E-state index in [2.05, 4.69) is 107 Å². The molecule has 14 heteroatoms. The normalized spacial score (nSPS) is 14.2. The summed E-state index contributed by atoms with van der Waals surface area (Å²) in [6.07, 6.45) is 7.08. The molecule has 6 aromatic heterocycles. The van der Waals surface area contributed by atoms with Crippen LogP contribution in [0.4, 0.5) is 11.6 Å². The fourth-order valence-corrected chi connectivity index (χ4v) is 8.64. The molecule has 11 rings (SSSR count). The molecule has 3 aromatic carbocycles. The predicted octanol–water partition coefficient (Wildman–Crippen LogP) is 10.0. The minimum atomic E-state index is 0.591. The van der Waals surface area contributed by atoms with Crippen molar-refractivity contribution in [2.45, 2.75) is 0 Å². The fraction of sp³-hybridized carbons (Fsp3) is 0.167. The van der Waals surface area contributed by atoms with Gasteiger partial charge in [0.2, 0.25) is 0 Å². The van der Waals surface area contributed by atoms with E-state index in [1.165, 1.54) is 16.7 Å². The predicted molar refractivity (Wildman–Crippen MR) is 247 cm³/mol. The first-order valence-electron chi connectivity index (χ1n) is 20.4. The van der Waals surface area contributed by atoms with Gasteiger partial charge in [-0.15, -0.1) is 0 Å². The van der Waals surface area contributed by atoms with Gasteiger partial charge in [0.25, 0.3) is 0 Å². The topological polar surface area (TPSA) is 134 Å². The van der Waals surface area contributed by atoms with Crippen LogP contribution in [0.15, 0.2) is 134 Å². The van der Waals surface area contributed by atoms with Gasteiger partial charge < -0.3 is 19.3 Å². The summed E-state index contributed by atoms with van der Waals surface area (Å²) in [5, 5.41) is 17.5. The van der Waals surface area contributed by atoms with Gasteiger partial charge in [-0.25, -0.2) is 9.97 Å². The van der Waals surface area contributed by atoms with Gasteiger partial charge in [0, 0.05) is 71.8 Å². The second-order valence-corrected chi connectivity index (χ2v) is 15.7. The number of anilines is 2. The Balaban J connectivity index is 0.000000149. The Hall–Kier alpha value is -6.70. The van der Waals surface area contributed by atoms with Gasteiger partial charge in [-0.3, -0.25) is 20.2 Å². The molecular weight excluding hydrogens is 820 g/mol. The van der Waals surface area contributed by atoms with E-state index in [4.69, 9.17) is 42.6 Å². The van der Waals surface area contributed by atoms with Gasteiger partial charge in [-0.2, -0.15) is 10.2 Å². The summed E-state index contributed by atoms with van der Waals surface area (Å²) in [6, 6.07) is 36.8. The summed E-state index contributed by atoms with van der Waals surface area (Å²) in [6.45, 7) is 5.97. The molecule has 0 unspecified atom stereocenters. The molecule has 0 bridgehead atoms. The highest BCUT2D eigenvalue weighted by Gasteiger charge is 2.22. The van der Waals surface area contributed by atoms with Crippen LogP contribution in [-0.2, 0) is 9.47 Å². The van der Waals surface area contributed by atoms with Crippen LogP contribution in [0.2, 0.25) is 10.0 Å². The molecule has 2 aliphatic heterocycles. The zero-order valence-electron chi connectivity index (χ0n) is 33.5. The van der Waals surface area contributed by atoms with Gasteiger partial charge in [-0.05, 0) is 88.0 Å². The second kappa shape index (κ2) is 17.7. The highest BCUT2D eigenvalue weighted by atomic mass is 35.5. The van der Waals surface area contributed by atoms with E-state index >= 15 is 0 Å². The van der Waals surface area contributed by atoms with Crippen molar-refractivity contribution in [3.8, 4) is 56.2 Å². The van der Waals surface area contributed by atoms with Gasteiger partial charge in [0.05, 0.1) is 37.8 Å². The summed E-state index contributed by atoms with van der Waals surface area (Å²) in [5.74, 6) is 1.82. The molecule has 2 N–H and O–H groups in total. The summed E-state index contributed by atoms with van der Waals surface area (Å²) in [5.41, 5.74) is 11.5. The Morgan fingerprint density at radius 2 is 0.968 bits per heavy atom. The quantitative estimate of drug-likeness (QED) is 0.160. The Kier molecular flexibility index (Phi) is 11.3. The molecule has 308 valence electrons. The van der Waals surface area contributed by atoms with Gasteiger partial charge in [-0.1, -0.05) is 77.8 Å². The number of H-pyrrole nitrogens is 2. The average Bonchev–Trinajstić information content (AvgIpc) is 4.08. The maximum atomic E-state index is 6.30. The van der Waals surface area contributed by atoms with E-state index in [-0.39, 0.29) is 0 Å². The fourth-order valence-electron chi connectivity index (χ4n) is 8.11. The number of morpholine rings is 2. The summed E-state index contributed by atoms with van der Waals surface area (Å²) >= 11 is 12.6. The van der Waals surface area contributed by atoms with Crippen molar-refractivity contribution >= 4 is 56.6 Å². The van der Waals surface area contributed by atoms with Crippen LogP contribution < -0.4 is 9.80 Å². The lowest BCUT2D eigenvalue weighted by atomic mass is 9.92. The van der Waals surface area contributed by atoms with E-state index in [0.29, 0.717) is 36.5 Å². The molecule has 0 radical (unpaired) electrons. The smallest absolute Gasteiger partial charge is 0.130 e. The number of hydrogen-bond donors (Lipinski definition) is 2. The molecule has 0 aliphatic carbocycles. The third-order valence-electron chi connectivity index (χ3n) is 11.1. The lowest BCUT2D eigenvalue weighted by Crippen LogP contribution is -2.36. The first kappa shape index (κ1) is 39.4. The maximum Gasteiger partial charge on any atom is 0.130 e.